The molecular formula is C66H86F2N9O12PS2. The number of piperazine rings is 1. The number of piperidine rings is 1. The summed E-state index contributed by atoms with van der Waals surface area (Å²) in [5.74, 6) is -3.91. The Hall–Kier alpha value is -7.02. The number of hydrogen-bond acceptors (Lipinski definition) is 13. The van der Waals surface area contributed by atoms with E-state index in [2.05, 4.69) is 26.3 Å². The minimum Gasteiger partial charge on any atom is -0.391 e. The van der Waals surface area contributed by atoms with Crippen LogP contribution in [0.2, 0.25) is 0 Å². The Kier molecular flexibility index (Phi) is 23.1. The number of aromatic nitrogens is 1. The van der Waals surface area contributed by atoms with Crippen molar-refractivity contribution in [1.82, 2.24) is 45.9 Å². The Morgan fingerprint density at radius 3 is 2.07 bits per heavy atom. The maximum Gasteiger partial charge on any atom is 0.399 e. The lowest BCUT2D eigenvalue weighted by molar-refractivity contribution is -0.155. The molecule has 7 atom stereocenters. The number of thiazole rings is 1. The second-order valence-corrected chi connectivity index (χ2v) is 30.2. The maximum absolute atomic E-state index is 15.0. The van der Waals surface area contributed by atoms with Crippen LogP contribution in [0.5, 0.6) is 0 Å². The van der Waals surface area contributed by atoms with Crippen molar-refractivity contribution in [3.8, 4) is 10.4 Å². The molecule has 5 heterocycles. The molecule has 3 fully saturated rings. The molecule has 21 nitrogen and oxygen atoms in total. The Labute approximate surface area is 543 Å². The first kappa shape index (κ1) is 70.8. The first-order valence-corrected chi connectivity index (χ1v) is 34.7. The molecule has 3 aliphatic rings. The Bertz CT molecular complexity index is 3530. The van der Waals surface area contributed by atoms with Gasteiger partial charge in [0, 0.05) is 68.3 Å². The highest BCUT2D eigenvalue weighted by Crippen LogP contribution is 2.59. The van der Waals surface area contributed by atoms with Gasteiger partial charge in [-0.15, -0.1) is 22.7 Å². The normalized spacial score (nSPS) is 19.3. The van der Waals surface area contributed by atoms with Crippen molar-refractivity contribution in [2.24, 2.45) is 10.8 Å². The number of thiophene rings is 1. The number of halogens is 2. The van der Waals surface area contributed by atoms with Gasteiger partial charge in [-0.05, 0) is 90.6 Å². The van der Waals surface area contributed by atoms with Gasteiger partial charge in [-0.2, -0.15) is 8.78 Å². The summed E-state index contributed by atoms with van der Waals surface area (Å²) < 4.78 is 41.3. The second kappa shape index (κ2) is 29.9. The number of aliphatic hydroxyl groups is 1. The second-order valence-electron chi connectivity index (χ2n) is 26.6. The zero-order valence-corrected chi connectivity index (χ0v) is 55.9. The van der Waals surface area contributed by atoms with Gasteiger partial charge in [-0.1, -0.05) is 121 Å². The third-order valence-corrected chi connectivity index (χ3v) is 20.5. The number of amides is 8. The van der Waals surface area contributed by atoms with E-state index >= 15 is 0 Å². The number of aliphatic hydroxyl groups excluding tert-OH is 1. The van der Waals surface area contributed by atoms with Crippen LogP contribution < -0.4 is 21.3 Å². The van der Waals surface area contributed by atoms with Gasteiger partial charge in [-0.3, -0.25) is 42.9 Å². The van der Waals surface area contributed by atoms with Crippen LogP contribution in [0, 0.1) is 17.8 Å². The van der Waals surface area contributed by atoms with Crippen molar-refractivity contribution in [2.45, 2.75) is 167 Å². The molecule has 3 aromatic carbocycles. The average molecular weight is 1330 g/mol. The molecule has 3 saturated heterocycles. The van der Waals surface area contributed by atoms with Gasteiger partial charge in [0.15, 0.2) is 0 Å². The van der Waals surface area contributed by atoms with Crippen LogP contribution >= 0.6 is 30.3 Å². The molecular weight excluding hydrogens is 1240 g/mol. The van der Waals surface area contributed by atoms with Crippen LogP contribution in [0.25, 0.3) is 20.5 Å². The standard InChI is InChI=1S/C66H86F2N9O12PS2/c1-40(42-22-24-44(25-23-42)56-41(2)70-39-91-56)71-59(82)49-34-48(78)37-77(49)63(86)57(64(3,4)5)72-53(79)21-15-10-9-11-16-28-69-54(80)35-55(81)74-30-31-76(50(38-74)61(84)75-29-17-20-45(36-75)43-18-13-12-14-19-43)62(85)58(65(6,7)8)73-60(83)52-33-46-32-47(26-27-51(46)92-52)66(67,68)90(87,88)89/h12-14,18-19,22-27,32-33,39-40,45,48-50,57-58,78H,9-11,15-17,20-21,28-31,34-38H2,1-8H3,(H,69,80)(H,71,82)(H,72,79)(H,73,83)(H2,87,88,89)/t40-,45-,48+,49-,50-,57+,58+/m0/s1. The smallest absolute Gasteiger partial charge is 0.391 e. The highest BCUT2D eigenvalue weighted by molar-refractivity contribution is 7.52. The van der Waals surface area contributed by atoms with Gasteiger partial charge in [0.05, 0.1) is 39.6 Å². The lowest BCUT2D eigenvalue weighted by Crippen LogP contribution is -2.66. The largest absolute Gasteiger partial charge is 0.399 e. The predicted octanol–water partition coefficient (Wildman–Crippen LogP) is 8.37. The molecule has 0 saturated carbocycles. The first-order chi connectivity index (χ1) is 43.3. The maximum atomic E-state index is 15.0. The fourth-order valence-electron chi connectivity index (χ4n) is 12.1. The fraction of sp³-hybridized carbons (Fsp3) is 0.530. The molecule has 26 heteroatoms. The zero-order chi connectivity index (χ0) is 67.0. The molecule has 92 heavy (non-hydrogen) atoms. The summed E-state index contributed by atoms with van der Waals surface area (Å²) >= 11 is 2.48. The molecule has 2 aromatic heterocycles. The van der Waals surface area contributed by atoms with E-state index < -0.39 is 102 Å². The van der Waals surface area contributed by atoms with Crippen LogP contribution in [0.1, 0.15) is 157 Å². The number of fused-ring (bicyclic) bond motifs is 1. The molecule has 0 bridgehead atoms. The molecule has 0 unspecified atom stereocenters. The summed E-state index contributed by atoms with van der Waals surface area (Å²) in [6.45, 7) is 15.2. The van der Waals surface area contributed by atoms with Crippen molar-refractivity contribution >= 4 is 87.6 Å². The molecule has 8 amide bonds. The summed E-state index contributed by atoms with van der Waals surface area (Å²) in [7, 11) is -5.87. The summed E-state index contributed by atoms with van der Waals surface area (Å²) in [5, 5.41) is 22.4. The van der Waals surface area contributed by atoms with Crippen LogP contribution in [0.3, 0.4) is 0 Å². The van der Waals surface area contributed by atoms with Crippen molar-refractivity contribution in [3.63, 3.8) is 0 Å². The third kappa shape index (κ3) is 17.4. The monoisotopic (exact) mass is 1330 g/mol. The number of unbranched alkanes of at least 4 members (excludes halogenated alkanes) is 4. The minimum atomic E-state index is -5.87. The SMILES string of the molecule is Cc1ncsc1-c1ccc([C@H](C)NC(=O)[C@@H]2C[C@@H](O)CN2C(=O)[C@@H](NC(=O)CCCCCCCNC(=O)CC(=O)N2CCN(C(=O)[C@@H](NC(=O)c3cc4cc(C(F)(F)P(=O)(O)O)ccc4s3)C(C)(C)C)[C@H](C(=O)N3CCC[C@H](c4ccccc4)C3)C2)C(C)(C)C)cc1. The highest BCUT2D eigenvalue weighted by Gasteiger charge is 2.51. The van der Waals surface area contributed by atoms with Crippen molar-refractivity contribution in [1.29, 1.82) is 0 Å². The van der Waals surface area contributed by atoms with Crippen molar-refractivity contribution in [3.05, 3.63) is 112 Å². The van der Waals surface area contributed by atoms with E-state index in [4.69, 9.17) is 0 Å². The molecule has 0 aliphatic carbocycles. The van der Waals surface area contributed by atoms with Gasteiger partial charge in [0.1, 0.15) is 30.6 Å². The summed E-state index contributed by atoms with van der Waals surface area (Å²) in [5.41, 5.74) is -1.39. The van der Waals surface area contributed by atoms with Gasteiger partial charge < -0.3 is 55.8 Å². The molecule has 7 N–H and O–H groups in total. The minimum absolute atomic E-state index is 0.0168. The average Bonchev–Trinajstić information content (AvgIpc) is 1.28. The number of nitrogens with one attached hydrogen (secondary N) is 4. The first-order valence-electron chi connectivity index (χ1n) is 31.4. The van der Waals surface area contributed by atoms with Gasteiger partial charge >= 0.3 is 13.3 Å². The summed E-state index contributed by atoms with van der Waals surface area (Å²) in [4.78, 5) is 142. The zero-order valence-electron chi connectivity index (χ0n) is 53.4. The number of hydrogen-bond donors (Lipinski definition) is 7. The topological polar surface area (TPSA) is 288 Å². The molecule has 5 aromatic rings. The Morgan fingerprint density at radius 2 is 1.40 bits per heavy atom. The predicted molar refractivity (Wildman–Crippen MR) is 347 cm³/mol. The van der Waals surface area contributed by atoms with E-state index in [1.807, 2.05) is 89.2 Å². The van der Waals surface area contributed by atoms with Gasteiger partial charge in [0.2, 0.25) is 41.4 Å². The van der Waals surface area contributed by atoms with Crippen molar-refractivity contribution < 1.29 is 66.6 Å². The number of aryl methyl sites for hydroxylation is 1. The fourth-order valence-corrected chi connectivity index (χ4v) is 14.4. The van der Waals surface area contributed by atoms with Gasteiger partial charge in [0.25, 0.3) is 5.91 Å². The van der Waals surface area contributed by atoms with Crippen LogP contribution in [0.4, 0.5) is 8.78 Å². The lowest BCUT2D eigenvalue weighted by atomic mass is 9.85. The third-order valence-electron chi connectivity index (χ3n) is 17.4. The van der Waals surface area contributed by atoms with Crippen molar-refractivity contribution in [2.75, 3.05) is 45.8 Å². The number of nitrogens with zero attached hydrogens (tertiary/aromatic N) is 5. The van der Waals surface area contributed by atoms with Crippen LogP contribution in [-0.4, -0.2) is 163 Å². The highest BCUT2D eigenvalue weighted by atomic mass is 32.1. The number of rotatable bonds is 23. The number of β-amino-alcohol motifs (C(OH)–C–C–N with tert-alkyl or cyclic N) is 1. The van der Waals surface area contributed by atoms with Crippen LogP contribution in [-0.2, 0) is 43.8 Å². The van der Waals surface area contributed by atoms with E-state index in [0.717, 1.165) is 63.6 Å². The van der Waals surface area contributed by atoms with E-state index in [9.17, 15) is 66.6 Å². The molecule has 0 spiro atoms. The molecule has 8 rings (SSSR count). The van der Waals surface area contributed by atoms with E-state index in [1.54, 1.807) is 42.5 Å². The number of carbonyl (C=O) groups excluding carboxylic acids is 8. The van der Waals surface area contributed by atoms with E-state index in [1.165, 1.54) is 26.8 Å². The molecule has 0 radical (unpaired) electrons. The van der Waals surface area contributed by atoms with Crippen LogP contribution in [0.15, 0.2) is 84.4 Å². The number of likely N-dealkylation sites (tertiary alicyclic amines) is 2. The quantitative estimate of drug-likeness (QED) is 0.0184. The molecule has 3 aliphatic heterocycles. The van der Waals surface area contributed by atoms with E-state index in [0.29, 0.717) is 49.9 Å². The molecule has 498 valence electrons. The number of alkyl halides is 2. The van der Waals surface area contributed by atoms with Gasteiger partial charge in [-0.25, -0.2) is 4.98 Å². The Balaban J connectivity index is 0.810. The number of benzene rings is 3. The number of carbonyl (C=O) groups is 8. The Morgan fingerprint density at radius 1 is 0.739 bits per heavy atom. The lowest BCUT2D eigenvalue weighted by Gasteiger charge is -2.45. The summed E-state index contributed by atoms with van der Waals surface area (Å²) in [6.07, 6.45) is 3.56. The van der Waals surface area contributed by atoms with E-state index in [-0.39, 0.29) is 79.6 Å². The summed E-state index contributed by atoms with van der Waals surface area (Å²) in [6, 6.07) is 17.2.